The van der Waals surface area contributed by atoms with E-state index in [1.165, 1.54) is 25.7 Å². The summed E-state index contributed by atoms with van der Waals surface area (Å²) in [7, 11) is 0. The standard InChI is InChI=1S/C17H24N2O2/c1-3-21-17(20)14-10-18-16(19-15(14)12-8-9-12)13-6-4-11(2)5-7-13/h10-13H,3-9H2,1-2H3. The average Bonchev–Trinajstić information content (AvgIpc) is 3.32. The van der Waals surface area contributed by atoms with E-state index in [-0.39, 0.29) is 5.97 Å². The quantitative estimate of drug-likeness (QED) is 0.790. The van der Waals surface area contributed by atoms with Crippen molar-refractivity contribution in [3.05, 3.63) is 23.3 Å². The van der Waals surface area contributed by atoms with Crippen molar-refractivity contribution < 1.29 is 9.53 Å². The van der Waals surface area contributed by atoms with E-state index < -0.39 is 0 Å². The van der Waals surface area contributed by atoms with Crippen LogP contribution in [0.1, 0.15) is 86.1 Å². The fraction of sp³-hybridized carbons (Fsp3) is 0.706. The molecule has 0 saturated heterocycles. The Morgan fingerprint density at radius 3 is 2.48 bits per heavy atom. The molecule has 0 atom stereocenters. The van der Waals surface area contributed by atoms with Crippen LogP contribution in [0.4, 0.5) is 0 Å². The molecule has 0 aromatic carbocycles. The zero-order valence-corrected chi connectivity index (χ0v) is 13.0. The van der Waals surface area contributed by atoms with Gasteiger partial charge in [-0.25, -0.2) is 14.8 Å². The minimum Gasteiger partial charge on any atom is -0.462 e. The Hall–Kier alpha value is -1.45. The van der Waals surface area contributed by atoms with Gasteiger partial charge >= 0.3 is 5.97 Å². The van der Waals surface area contributed by atoms with E-state index in [9.17, 15) is 4.79 Å². The van der Waals surface area contributed by atoms with Crippen LogP contribution in [0.5, 0.6) is 0 Å². The van der Waals surface area contributed by atoms with Gasteiger partial charge in [0.1, 0.15) is 5.82 Å². The minimum atomic E-state index is -0.275. The highest BCUT2D eigenvalue weighted by atomic mass is 16.5. The number of carbonyl (C=O) groups excluding carboxylic acids is 1. The molecule has 21 heavy (non-hydrogen) atoms. The molecule has 3 rings (SSSR count). The van der Waals surface area contributed by atoms with Crippen LogP contribution in [0.25, 0.3) is 0 Å². The summed E-state index contributed by atoms with van der Waals surface area (Å²) in [6, 6.07) is 0. The molecule has 4 nitrogen and oxygen atoms in total. The van der Waals surface area contributed by atoms with Gasteiger partial charge in [-0.1, -0.05) is 19.8 Å². The van der Waals surface area contributed by atoms with Crippen LogP contribution >= 0.6 is 0 Å². The lowest BCUT2D eigenvalue weighted by atomic mass is 9.82. The molecule has 0 amide bonds. The highest BCUT2D eigenvalue weighted by Gasteiger charge is 2.32. The summed E-state index contributed by atoms with van der Waals surface area (Å²) < 4.78 is 5.13. The molecule has 1 aromatic heterocycles. The van der Waals surface area contributed by atoms with Gasteiger partial charge in [-0.2, -0.15) is 0 Å². The smallest absolute Gasteiger partial charge is 0.341 e. The van der Waals surface area contributed by atoms with Crippen LogP contribution in [0.15, 0.2) is 6.20 Å². The van der Waals surface area contributed by atoms with Crippen LogP contribution in [0.3, 0.4) is 0 Å². The molecule has 114 valence electrons. The van der Waals surface area contributed by atoms with E-state index in [2.05, 4.69) is 11.9 Å². The van der Waals surface area contributed by atoms with E-state index in [1.54, 1.807) is 6.20 Å². The molecule has 0 spiro atoms. The van der Waals surface area contributed by atoms with E-state index in [0.29, 0.717) is 24.0 Å². The summed E-state index contributed by atoms with van der Waals surface area (Å²) in [5, 5.41) is 0. The number of aromatic nitrogens is 2. The summed E-state index contributed by atoms with van der Waals surface area (Å²) in [5.41, 5.74) is 1.50. The van der Waals surface area contributed by atoms with Crippen molar-refractivity contribution in [2.24, 2.45) is 5.92 Å². The monoisotopic (exact) mass is 288 g/mol. The normalized spacial score (nSPS) is 25.6. The molecule has 2 aliphatic carbocycles. The molecule has 0 aliphatic heterocycles. The summed E-state index contributed by atoms with van der Waals surface area (Å²) in [4.78, 5) is 21.3. The van der Waals surface area contributed by atoms with Gasteiger partial charge in [0, 0.05) is 18.0 Å². The van der Waals surface area contributed by atoms with Gasteiger partial charge in [0.25, 0.3) is 0 Å². The lowest BCUT2D eigenvalue weighted by Gasteiger charge is -2.25. The van der Waals surface area contributed by atoms with Gasteiger partial charge in [-0.05, 0) is 38.5 Å². The molecule has 0 unspecified atom stereocenters. The topological polar surface area (TPSA) is 52.1 Å². The van der Waals surface area contributed by atoms with Crippen molar-refractivity contribution in [3.63, 3.8) is 0 Å². The summed E-state index contributed by atoms with van der Waals surface area (Å²) in [5.74, 6) is 2.40. The molecular weight excluding hydrogens is 264 g/mol. The largest absolute Gasteiger partial charge is 0.462 e. The Labute approximate surface area is 126 Å². The van der Waals surface area contributed by atoms with Gasteiger partial charge in [-0.3, -0.25) is 0 Å². The van der Waals surface area contributed by atoms with Crippen molar-refractivity contribution >= 4 is 5.97 Å². The Bertz CT molecular complexity index is 518. The van der Waals surface area contributed by atoms with Gasteiger partial charge in [0.2, 0.25) is 0 Å². The van der Waals surface area contributed by atoms with Crippen LogP contribution in [0.2, 0.25) is 0 Å². The zero-order valence-electron chi connectivity index (χ0n) is 13.0. The number of carbonyl (C=O) groups is 1. The molecule has 0 radical (unpaired) electrons. The maximum absolute atomic E-state index is 12.0. The average molecular weight is 288 g/mol. The number of nitrogens with zero attached hydrogens (tertiary/aromatic N) is 2. The predicted octanol–water partition coefficient (Wildman–Crippen LogP) is 3.82. The molecule has 1 heterocycles. The summed E-state index contributed by atoms with van der Waals surface area (Å²) in [6.45, 7) is 4.54. The minimum absolute atomic E-state index is 0.275. The van der Waals surface area contributed by atoms with Gasteiger partial charge < -0.3 is 4.74 Å². The van der Waals surface area contributed by atoms with Crippen LogP contribution in [-0.4, -0.2) is 22.5 Å². The Balaban J connectivity index is 1.83. The first-order valence-corrected chi connectivity index (χ1v) is 8.23. The number of hydrogen-bond acceptors (Lipinski definition) is 4. The van der Waals surface area contributed by atoms with Gasteiger partial charge in [-0.15, -0.1) is 0 Å². The van der Waals surface area contributed by atoms with Crippen LogP contribution in [-0.2, 0) is 4.74 Å². The van der Waals surface area contributed by atoms with E-state index in [4.69, 9.17) is 9.72 Å². The Kier molecular flexibility index (Phi) is 4.22. The highest BCUT2D eigenvalue weighted by Crippen LogP contribution is 2.42. The third-order valence-electron chi connectivity index (χ3n) is 4.68. The first kappa shape index (κ1) is 14.5. The third-order valence-corrected chi connectivity index (χ3v) is 4.68. The third kappa shape index (κ3) is 3.25. The van der Waals surface area contributed by atoms with Gasteiger partial charge in [0.05, 0.1) is 17.9 Å². The number of ether oxygens (including phenoxy) is 1. The molecule has 0 N–H and O–H groups in total. The number of rotatable bonds is 4. The van der Waals surface area contributed by atoms with E-state index >= 15 is 0 Å². The molecule has 2 aliphatic rings. The van der Waals surface area contributed by atoms with E-state index in [1.807, 2.05) is 6.92 Å². The zero-order chi connectivity index (χ0) is 14.8. The molecule has 1 aromatic rings. The second-order valence-electron chi connectivity index (χ2n) is 6.48. The molecule has 2 saturated carbocycles. The summed E-state index contributed by atoms with van der Waals surface area (Å²) >= 11 is 0. The summed E-state index contributed by atoms with van der Waals surface area (Å²) in [6.07, 6.45) is 8.81. The van der Waals surface area contributed by atoms with Gasteiger partial charge in [0.15, 0.2) is 0 Å². The van der Waals surface area contributed by atoms with Crippen molar-refractivity contribution in [2.45, 2.75) is 64.2 Å². The van der Waals surface area contributed by atoms with Crippen LogP contribution < -0.4 is 0 Å². The Morgan fingerprint density at radius 1 is 1.19 bits per heavy atom. The first-order chi connectivity index (χ1) is 10.2. The van der Waals surface area contributed by atoms with Crippen molar-refractivity contribution in [1.82, 2.24) is 9.97 Å². The second kappa shape index (κ2) is 6.12. The lowest BCUT2D eigenvalue weighted by Crippen LogP contribution is -2.17. The molecule has 4 heteroatoms. The predicted molar refractivity (Wildman–Crippen MR) is 80.3 cm³/mol. The number of esters is 1. The van der Waals surface area contributed by atoms with Crippen LogP contribution in [0, 0.1) is 5.92 Å². The molecular formula is C17H24N2O2. The fourth-order valence-electron chi connectivity index (χ4n) is 3.16. The lowest BCUT2D eigenvalue weighted by molar-refractivity contribution is 0.0523. The fourth-order valence-corrected chi connectivity index (χ4v) is 3.16. The maximum Gasteiger partial charge on any atom is 0.341 e. The SMILES string of the molecule is CCOC(=O)c1cnc(C2CCC(C)CC2)nc1C1CC1. The molecule has 0 bridgehead atoms. The first-order valence-electron chi connectivity index (χ1n) is 8.23. The number of hydrogen-bond donors (Lipinski definition) is 0. The Morgan fingerprint density at radius 2 is 1.86 bits per heavy atom. The van der Waals surface area contributed by atoms with Crippen molar-refractivity contribution in [1.29, 1.82) is 0 Å². The van der Waals surface area contributed by atoms with E-state index in [0.717, 1.165) is 30.3 Å². The maximum atomic E-state index is 12.0. The molecule has 2 fully saturated rings. The van der Waals surface area contributed by atoms with Crippen molar-refractivity contribution in [2.75, 3.05) is 6.61 Å². The second-order valence-corrected chi connectivity index (χ2v) is 6.48. The highest BCUT2D eigenvalue weighted by molar-refractivity contribution is 5.90. The van der Waals surface area contributed by atoms with Crippen molar-refractivity contribution in [3.8, 4) is 0 Å².